The number of amides is 1. The fourth-order valence-corrected chi connectivity index (χ4v) is 3.67. The van der Waals surface area contributed by atoms with Crippen LogP contribution in [0.5, 0.6) is 0 Å². The van der Waals surface area contributed by atoms with Crippen LogP contribution in [-0.4, -0.2) is 47.4 Å². The van der Waals surface area contributed by atoms with E-state index >= 15 is 0 Å². The molecule has 0 spiro atoms. The zero-order chi connectivity index (χ0) is 14.1. The molecule has 1 amide bonds. The summed E-state index contributed by atoms with van der Waals surface area (Å²) in [4.78, 5) is 16.9. The molecule has 5 heteroatoms. The number of likely N-dealkylation sites (N-methyl/N-ethyl adjacent to an activating group) is 1. The molecule has 1 saturated heterocycles. The van der Waals surface area contributed by atoms with Crippen LogP contribution < -0.4 is 5.32 Å². The summed E-state index contributed by atoms with van der Waals surface area (Å²) in [6.45, 7) is 7.06. The van der Waals surface area contributed by atoms with Crippen molar-refractivity contribution in [1.29, 1.82) is 0 Å². The van der Waals surface area contributed by atoms with Gasteiger partial charge in [-0.2, -0.15) is 11.3 Å². The maximum Gasteiger partial charge on any atom is 0.241 e. The fourth-order valence-electron chi connectivity index (χ4n) is 2.99. The lowest BCUT2D eigenvalue weighted by molar-refractivity contribution is -0.130. The van der Waals surface area contributed by atoms with Gasteiger partial charge in [0.2, 0.25) is 5.91 Å². The Bertz CT molecular complexity index is 458. The Morgan fingerprint density at radius 3 is 2.90 bits per heavy atom. The molecule has 2 fully saturated rings. The molecule has 0 bridgehead atoms. The minimum absolute atomic E-state index is 0.0571. The van der Waals surface area contributed by atoms with Gasteiger partial charge in [0.25, 0.3) is 0 Å². The first kappa shape index (κ1) is 14.0. The first-order valence-electron chi connectivity index (χ1n) is 7.53. The topological polar surface area (TPSA) is 35.6 Å². The molecule has 20 heavy (non-hydrogen) atoms. The van der Waals surface area contributed by atoms with Crippen molar-refractivity contribution in [3.8, 4) is 0 Å². The van der Waals surface area contributed by atoms with Crippen LogP contribution in [0, 0.1) is 0 Å². The van der Waals surface area contributed by atoms with Gasteiger partial charge >= 0.3 is 0 Å². The molecule has 2 unspecified atom stereocenters. The van der Waals surface area contributed by atoms with Gasteiger partial charge in [0, 0.05) is 19.1 Å². The van der Waals surface area contributed by atoms with Gasteiger partial charge in [-0.3, -0.25) is 15.0 Å². The Labute approximate surface area is 124 Å². The number of hydrogen-bond donors (Lipinski definition) is 1. The van der Waals surface area contributed by atoms with Crippen molar-refractivity contribution < 1.29 is 4.79 Å². The number of carbonyl (C=O) groups is 1. The van der Waals surface area contributed by atoms with Crippen LogP contribution in [0.25, 0.3) is 0 Å². The molecule has 0 aromatic carbocycles. The number of nitrogens with one attached hydrogen (secondary N) is 1. The van der Waals surface area contributed by atoms with Gasteiger partial charge in [0.15, 0.2) is 0 Å². The summed E-state index contributed by atoms with van der Waals surface area (Å²) in [6.07, 6.45) is 2.70. The van der Waals surface area contributed by atoms with Gasteiger partial charge in [0.05, 0.1) is 6.04 Å². The van der Waals surface area contributed by atoms with Crippen LogP contribution in [0.3, 0.4) is 0 Å². The van der Waals surface area contributed by atoms with E-state index in [1.54, 1.807) is 11.3 Å². The van der Waals surface area contributed by atoms with Crippen LogP contribution in [0.2, 0.25) is 0 Å². The van der Waals surface area contributed by atoms with E-state index in [4.69, 9.17) is 0 Å². The predicted octanol–water partition coefficient (Wildman–Crippen LogP) is 2.05. The van der Waals surface area contributed by atoms with E-state index in [9.17, 15) is 4.79 Å². The fraction of sp³-hybridized carbons (Fsp3) is 0.667. The van der Waals surface area contributed by atoms with E-state index < -0.39 is 0 Å². The Morgan fingerprint density at radius 1 is 1.50 bits per heavy atom. The van der Waals surface area contributed by atoms with Gasteiger partial charge in [-0.05, 0) is 48.7 Å². The van der Waals surface area contributed by atoms with Crippen molar-refractivity contribution in [2.75, 3.05) is 19.6 Å². The summed E-state index contributed by atoms with van der Waals surface area (Å²) in [5.41, 5.74) is 1.21. The third kappa shape index (κ3) is 2.75. The molecule has 4 nitrogen and oxygen atoms in total. The second kappa shape index (κ2) is 5.84. The highest BCUT2D eigenvalue weighted by atomic mass is 32.1. The molecule has 2 heterocycles. The third-order valence-electron chi connectivity index (χ3n) is 4.33. The van der Waals surface area contributed by atoms with E-state index in [0.29, 0.717) is 0 Å². The minimum Gasteiger partial charge on any atom is -0.320 e. The molecule has 2 aliphatic rings. The van der Waals surface area contributed by atoms with Crippen molar-refractivity contribution >= 4 is 17.2 Å². The average molecular weight is 293 g/mol. The number of thiophene rings is 1. The van der Waals surface area contributed by atoms with Crippen LogP contribution >= 0.6 is 11.3 Å². The van der Waals surface area contributed by atoms with Gasteiger partial charge in [-0.1, -0.05) is 6.92 Å². The molecule has 110 valence electrons. The quantitative estimate of drug-likeness (QED) is 0.872. The van der Waals surface area contributed by atoms with Crippen molar-refractivity contribution in [2.45, 2.75) is 44.9 Å². The standard InChI is InChI=1S/C15H23N3OS/c1-3-17(13-4-5-13)7-8-18-14(12-6-9-20-10-12)16-11(2)15(18)19/h6,9-11,13-14,16H,3-5,7-8H2,1-2H3. The summed E-state index contributed by atoms with van der Waals surface area (Å²) < 4.78 is 0. The number of hydrogen-bond acceptors (Lipinski definition) is 4. The Morgan fingerprint density at radius 2 is 2.30 bits per heavy atom. The molecule has 1 aromatic heterocycles. The van der Waals surface area contributed by atoms with Gasteiger partial charge in [-0.25, -0.2) is 0 Å². The van der Waals surface area contributed by atoms with E-state index in [0.717, 1.165) is 25.7 Å². The second-order valence-electron chi connectivity index (χ2n) is 5.74. The minimum atomic E-state index is -0.0732. The SMILES string of the molecule is CCN(CCN1C(=O)C(C)NC1c1ccsc1)C1CC1. The average Bonchev–Trinajstić information content (AvgIpc) is 3.06. The summed E-state index contributed by atoms with van der Waals surface area (Å²) in [5, 5.41) is 7.62. The summed E-state index contributed by atoms with van der Waals surface area (Å²) in [5.74, 6) is 0.230. The van der Waals surface area contributed by atoms with E-state index in [1.165, 1.54) is 18.4 Å². The molecular formula is C15H23N3OS. The number of carbonyl (C=O) groups excluding carboxylic acids is 1. The molecule has 2 atom stereocenters. The van der Waals surface area contributed by atoms with Crippen molar-refractivity contribution in [1.82, 2.24) is 15.1 Å². The van der Waals surface area contributed by atoms with Crippen LogP contribution in [0.4, 0.5) is 0 Å². The molecule has 1 aliphatic heterocycles. The lowest BCUT2D eigenvalue weighted by Crippen LogP contribution is -2.39. The third-order valence-corrected chi connectivity index (χ3v) is 5.03. The van der Waals surface area contributed by atoms with Crippen LogP contribution in [0.1, 0.15) is 38.4 Å². The molecule has 1 aromatic rings. The van der Waals surface area contributed by atoms with Crippen molar-refractivity contribution in [3.63, 3.8) is 0 Å². The summed E-state index contributed by atoms with van der Waals surface area (Å²) >= 11 is 1.69. The molecular weight excluding hydrogens is 270 g/mol. The maximum atomic E-state index is 12.3. The second-order valence-corrected chi connectivity index (χ2v) is 6.52. The highest BCUT2D eigenvalue weighted by molar-refractivity contribution is 7.07. The molecule has 1 saturated carbocycles. The Balaban J connectivity index is 1.66. The smallest absolute Gasteiger partial charge is 0.241 e. The molecule has 0 radical (unpaired) electrons. The first-order valence-corrected chi connectivity index (χ1v) is 8.47. The molecule has 3 rings (SSSR count). The van der Waals surface area contributed by atoms with E-state index in [2.05, 4.69) is 34.0 Å². The highest BCUT2D eigenvalue weighted by Gasteiger charge is 2.37. The van der Waals surface area contributed by atoms with E-state index in [1.807, 2.05) is 11.8 Å². The highest BCUT2D eigenvalue weighted by Crippen LogP contribution is 2.29. The van der Waals surface area contributed by atoms with Crippen LogP contribution in [-0.2, 0) is 4.79 Å². The van der Waals surface area contributed by atoms with Crippen LogP contribution in [0.15, 0.2) is 16.8 Å². The van der Waals surface area contributed by atoms with Gasteiger partial charge in [-0.15, -0.1) is 0 Å². The van der Waals surface area contributed by atoms with Gasteiger partial charge < -0.3 is 4.90 Å². The van der Waals surface area contributed by atoms with Crippen molar-refractivity contribution in [3.05, 3.63) is 22.4 Å². The Hall–Kier alpha value is -0.910. The summed E-state index contributed by atoms with van der Waals surface area (Å²) in [7, 11) is 0. The maximum absolute atomic E-state index is 12.3. The number of nitrogens with zero attached hydrogens (tertiary/aromatic N) is 2. The Kier molecular flexibility index (Phi) is 4.10. The zero-order valence-corrected chi connectivity index (χ0v) is 13.0. The first-order chi connectivity index (χ1) is 9.70. The number of rotatable bonds is 6. The summed E-state index contributed by atoms with van der Waals surface area (Å²) in [6, 6.07) is 2.80. The largest absolute Gasteiger partial charge is 0.320 e. The molecule has 1 N–H and O–H groups in total. The molecule has 1 aliphatic carbocycles. The normalized spacial score (nSPS) is 26.8. The predicted molar refractivity (Wildman–Crippen MR) is 81.6 cm³/mol. The van der Waals surface area contributed by atoms with Gasteiger partial charge in [0.1, 0.15) is 6.17 Å². The zero-order valence-electron chi connectivity index (χ0n) is 12.2. The lowest BCUT2D eigenvalue weighted by Gasteiger charge is -2.27. The van der Waals surface area contributed by atoms with Crippen molar-refractivity contribution in [2.24, 2.45) is 0 Å². The monoisotopic (exact) mass is 293 g/mol. The lowest BCUT2D eigenvalue weighted by atomic mass is 10.2. The van der Waals surface area contributed by atoms with E-state index in [-0.39, 0.29) is 18.1 Å².